The first-order chi connectivity index (χ1) is 22.2. The van der Waals surface area contributed by atoms with Crippen molar-refractivity contribution in [2.24, 2.45) is 5.92 Å². The Kier molecular flexibility index (Phi) is 10.3. The molecule has 3 aromatic rings. The van der Waals surface area contributed by atoms with E-state index < -0.39 is 0 Å². The number of aryl methyl sites for hydroxylation is 1. The summed E-state index contributed by atoms with van der Waals surface area (Å²) < 4.78 is 6.22. The predicted octanol–water partition coefficient (Wildman–Crippen LogP) is 6.18. The Bertz CT molecular complexity index is 1560. The van der Waals surface area contributed by atoms with Gasteiger partial charge < -0.3 is 25.2 Å². The molecule has 1 aromatic heterocycles. The van der Waals surface area contributed by atoms with Crippen molar-refractivity contribution in [2.45, 2.75) is 63.6 Å². The van der Waals surface area contributed by atoms with Crippen molar-refractivity contribution in [3.8, 4) is 5.75 Å². The molecule has 8 nitrogen and oxygen atoms in total. The van der Waals surface area contributed by atoms with Gasteiger partial charge in [-0.05, 0) is 85.2 Å². The minimum Gasteiger partial charge on any atom is -0.485 e. The minimum absolute atomic E-state index is 0.0444. The van der Waals surface area contributed by atoms with Gasteiger partial charge in [-0.2, -0.15) is 0 Å². The molecule has 2 N–H and O–H groups in total. The highest BCUT2D eigenvalue weighted by molar-refractivity contribution is 6.37. The Hall–Kier alpha value is -3.04. The SMILES string of the molecule is CNC(=O)Cc1ccc(Cl)c(CN(C(=O)[C@H]2CNCC[C@@H]2c2ccc(N3CC[C@@H](Oc4c(Cl)cc(C)cc4Cl)C3)nc2)C2CC2)c1. The third kappa shape index (κ3) is 7.57. The molecule has 2 amide bonds. The second kappa shape index (κ2) is 14.4. The summed E-state index contributed by atoms with van der Waals surface area (Å²) in [4.78, 5) is 35.3. The molecule has 46 heavy (non-hydrogen) atoms. The van der Waals surface area contributed by atoms with Crippen molar-refractivity contribution in [3.05, 3.63) is 86.0 Å². The molecule has 3 fully saturated rings. The number of anilines is 1. The van der Waals surface area contributed by atoms with Crippen LogP contribution in [0.5, 0.6) is 5.75 Å². The van der Waals surface area contributed by atoms with Gasteiger partial charge >= 0.3 is 0 Å². The number of benzene rings is 2. The van der Waals surface area contributed by atoms with Crippen molar-refractivity contribution in [2.75, 3.05) is 38.1 Å². The molecular weight excluding hydrogens is 645 g/mol. The van der Waals surface area contributed by atoms with E-state index in [2.05, 4.69) is 27.7 Å². The van der Waals surface area contributed by atoms with E-state index in [1.807, 2.05) is 48.4 Å². The van der Waals surface area contributed by atoms with Gasteiger partial charge in [0.1, 0.15) is 11.9 Å². The third-order valence-corrected chi connectivity index (χ3v) is 10.2. The first kappa shape index (κ1) is 32.9. The van der Waals surface area contributed by atoms with Crippen molar-refractivity contribution in [1.29, 1.82) is 0 Å². The molecule has 6 rings (SSSR count). The molecule has 244 valence electrons. The quantitative estimate of drug-likeness (QED) is 0.265. The van der Waals surface area contributed by atoms with Crippen LogP contribution >= 0.6 is 34.8 Å². The lowest BCUT2D eigenvalue weighted by molar-refractivity contribution is -0.138. The fraction of sp³-hybridized carbons (Fsp3) is 0.457. The van der Waals surface area contributed by atoms with Crippen LogP contribution in [0, 0.1) is 12.8 Å². The standard InChI is InChI=1S/C35H40Cl3N5O3/c1-21-13-30(37)34(31(38)14-21)46-26-10-12-42(20-26)32-8-4-23(17-41-32)27-9-11-40-18-28(27)35(45)43(25-5-6-25)19-24-15-22(3-7-29(24)36)16-33(44)39-2/h3-4,7-8,13-15,17,25-28,40H,5-6,9-12,16,18-20H2,1-2H3,(H,39,44)/t26-,27-,28+/m1/s1. The summed E-state index contributed by atoms with van der Waals surface area (Å²) >= 11 is 19.4. The molecule has 3 aliphatic rings. The topological polar surface area (TPSA) is 86.8 Å². The van der Waals surface area contributed by atoms with Gasteiger partial charge in [0.2, 0.25) is 11.8 Å². The summed E-state index contributed by atoms with van der Waals surface area (Å²) in [5.41, 5.74) is 3.82. The Morgan fingerprint density at radius 3 is 2.52 bits per heavy atom. The number of hydrogen-bond acceptors (Lipinski definition) is 6. The van der Waals surface area contributed by atoms with Crippen molar-refractivity contribution in [3.63, 3.8) is 0 Å². The minimum atomic E-state index is -0.205. The van der Waals surface area contributed by atoms with Gasteiger partial charge in [0.15, 0.2) is 5.75 Å². The number of rotatable bonds is 10. The lowest BCUT2D eigenvalue weighted by Crippen LogP contribution is -2.47. The zero-order chi connectivity index (χ0) is 32.4. The van der Waals surface area contributed by atoms with Gasteiger partial charge in [0, 0.05) is 50.4 Å². The number of nitrogens with zero attached hydrogens (tertiary/aromatic N) is 3. The smallest absolute Gasteiger partial charge is 0.228 e. The highest BCUT2D eigenvalue weighted by Gasteiger charge is 2.40. The number of carbonyl (C=O) groups is 2. The summed E-state index contributed by atoms with van der Waals surface area (Å²) in [6.07, 6.45) is 5.85. The summed E-state index contributed by atoms with van der Waals surface area (Å²) in [7, 11) is 1.63. The summed E-state index contributed by atoms with van der Waals surface area (Å²) in [5, 5.41) is 7.78. The van der Waals surface area contributed by atoms with E-state index in [0.29, 0.717) is 40.5 Å². The highest BCUT2D eigenvalue weighted by atomic mass is 35.5. The van der Waals surface area contributed by atoms with E-state index in [-0.39, 0.29) is 42.2 Å². The van der Waals surface area contributed by atoms with E-state index in [0.717, 1.165) is 66.8 Å². The largest absolute Gasteiger partial charge is 0.485 e. The normalized spacial score (nSPS) is 21.2. The fourth-order valence-corrected chi connectivity index (χ4v) is 7.48. The third-order valence-electron chi connectivity index (χ3n) is 9.26. The van der Waals surface area contributed by atoms with Crippen LogP contribution in [0.2, 0.25) is 15.1 Å². The second-order valence-corrected chi connectivity index (χ2v) is 13.9. The second-order valence-electron chi connectivity index (χ2n) is 12.7. The van der Waals surface area contributed by atoms with E-state index >= 15 is 0 Å². The van der Waals surface area contributed by atoms with E-state index in [1.165, 1.54) is 0 Å². The van der Waals surface area contributed by atoms with E-state index in [1.54, 1.807) is 7.05 Å². The number of likely N-dealkylation sites (N-methyl/N-ethyl adjacent to an activating group) is 1. The van der Waals surface area contributed by atoms with Crippen LogP contribution in [-0.4, -0.2) is 67.1 Å². The molecule has 11 heteroatoms. The van der Waals surface area contributed by atoms with Crippen LogP contribution in [-0.2, 0) is 22.6 Å². The number of pyridine rings is 1. The summed E-state index contributed by atoms with van der Waals surface area (Å²) in [5.74, 6) is 1.36. The Balaban J connectivity index is 1.13. The van der Waals surface area contributed by atoms with Gasteiger partial charge in [0.05, 0.1) is 28.9 Å². The summed E-state index contributed by atoms with van der Waals surface area (Å²) in [6, 6.07) is 13.8. The lowest BCUT2D eigenvalue weighted by Gasteiger charge is -2.36. The molecule has 0 spiro atoms. The molecule has 3 atom stereocenters. The van der Waals surface area contributed by atoms with Crippen LogP contribution in [0.15, 0.2) is 48.7 Å². The van der Waals surface area contributed by atoms with Crippen LogP contribution in [0.25, 0.3) is 0 Å². The lowest BCUT2D eigenvalue weighted by atomic mass is 9.80. The van der Waals surface area contributed by atoms with Crippen LogP contribution in [0.1, 0.15) is 53.9 Å². The molecule has 2 aromatic carbocycles. The molecular formula is C35H40Cl3N5O3. The summed E-state index contributed by atoms with van der Waals surface area (Å²) in [6.45, 7) is 5.35. The zero-order valence-electron chi connectivity index (χ0n) is 26.2. The molecule has 2 aliphatic heterocycles. The van der Waals surface area contributed by atoms with Crippen molar-refractivity contribution < 1.29 is 14.3 Å². The highest BCUT2D eigenvalue weighted by Crippen LogP contribution is 2.38. The molecule has 0 radical (unpaired) electrons. The number of aromatic nitrogens is 1. The number of nitrogens with one attached hydrogen (secondary N) is 2. The Labute approximate surface area is 285 Å². The number of halogens is 3. The number of piperidine rings is 1. The van der Waals surface area contributed by atoms with Gasteiger partial charge in [-0.25, -0.2) is 4.98 Å². The molecule has 0 bridgehead atoms. The Morgan fingerprint density at radius 2 is 1.83 bits per heavy atom. The average molecular weight is 685 g/mol. The van der Waals surface area contributed by atoms with Crippen molar-refractivity contribution in [1.82, 2.24) is 20.5 Å². The van der Waals surface area contributed by atoms with Crippen LogP contribution < -0.4 is 20.3 Å². The first-order valence-corrected chi connectivity index (χ1v) is 17.2. The maximum absolute atomic E-state index is 14.2. The first-order valence-electron chi connectivity index (χ1n) is 16.0. The van der Waals surface area contributed by atoms with E-state index in [9.17, 15) is 9.59 Å². The number of amides is 2. The fourth-order valence-electron chi connectivity index (χ4n) is 6.62. The monoisotopic (exact) mass is 683 g/mol. The van der Waals surface area contributed by atoms with Gasteiger partial charge in [-0.15, -0.1) is 0 Å². The number of ether oxygens (including phenoxy) is 1. The number of hydrogen-bond donors (Lipinski definition) is 2. The molecule has 2 saturated heterocycles. The zero-order valence-corrected chi connectivity index (χ0v) is 28.5. The molecule has 0 unspecified atom stereocenters. The van der Waals surface area contributed by atoms with E-state index in [4.69, 9.17) is 44.5 Å². The molecule has 3 heterocycles. The molecule has 1 saturated carbocycles. The van der Waals surface area contributed by atoms with Crippen LogP contribution in [0.4, 0.5) is 5.82 Å². The maximum Gasteiger partial charge on any atom is 0.228 e. The van der Waals surface area contributed by atoms with Gasteiger partial charge in [-0.3, -0.25) is 9.59 Å². The van der Waals surface area contributed by atoms with Gasteiger partial charge in [0.25, 0.3) is 0 Å². The Morgan fingerprint density at radius 1 is 1.04 bits per heavy atom. The van der Waals surface area contributed by atoms with Gasteiger partial charge in [-0.1, -0.05) is 53.0 Å². The predicted molar refractivity (Wildman–Crippen MR) is 183 cm³/mol. The molecule has 1 aliphatic carbocycles. The van der Waals surface area contributed by atoms with Crippen LogP contribution in [0.3, 0.4) is 0 Å². The maximum atomic E-state index is 14.2. The number of carbonyl (C=O) groups excluding carboxylic acids is 2. The average Bonchev–Trinajstić information content (AvgIpc) is 3.79. The van der Waals surface area contributed by atoms with Crippen molar-refractivity contribution >= 4 is 52.4 Å².